The molecule has 0 radical (unpaired) electrons. The van der Waals surface area contributed by atoms with Crippen molar-refractivity contribution < 1.29 is 4.74 Å². The van der Waals surface area contributed by atoms with Crippen molar-refractivity contribution in [1.29, 1.82) is 5.26 Å². The van der Waals surface area contributed by atoms with Crippen molar-refractivity contribution in [1.82, 2.24) is 4.57 Å². The maximum absolute atomic E-state index is 12.1. The minimum atomic E-state index is -0.225. The molecule has 0 aliphatic carbocycles. The first-order valence-corrected chi connectivity index (χ1v) is 6.52. The third kappa shape index (κ3) is 3.62. The molecule has 0 aliphatic heterocycles. The summed E-state index contributed by atoms with van der Waals surface area (Å²) in [6.45, 7) is 0.669. The van der Waals surface area contributed by atoms with Crippen LogP contribution in [0, 0.1) is 11.3 Å². The lowest BCUT2D eigenvalue weighted by molar-refractivity contribution is 0.299. The van der Waals surface area contributed by atoms with Crippen LogP contribution >= 0.6 is 11.6 Å². The van der Waals surface area contributed by atoms with Gasteiger partial charge in [0.25, 0.3) is 5.56 Å². The van der Waals surface area contributed by atoms with E-state index in [4.69, 9.17) is 21.6 Å². The van der Waals surface area contributed by atoms with Gasteiger partial charge in [0.05, 0.1) is 12.5 Å². The summed E-state index contributed by atoms with van der Waals surface area (Å²) in [6.07, 6.45) is 1.94. The van der Waals surface area contributed by atoms with Crippen LogP contribution in [0.25, 0.3) is 0 Å². The summed E-state index contributed by atoms with van der Waals surface area (Å²) in [6, 6.07) is 12.6. The van der Waals surface area contributed by atoms with Gasteiger partial charge >= 0.3 is 0 Å². The lowest BCUT2D eigenvalue weighted by atomic mass is 10.2. The van der Waals surface area contributed by atoms with E-state index in [0.717, 1.165) is 5.56 Å². The van der Waals surface area contributed by atoms with Gasteiger partial charge in [-0.15, -0.1) is 0 Å². The van der Waals surface area contributed by atoms with Crippen LogP contribution in [0.5, 0.6) is 5.75 Å². The number of nitrogens with zero attached hydrogens (tertiary/aromatic N) is 2. The van der Waals surface area contributed by atoms with Crippen molar-refractivity contribution in [3.63, 3.8) is 0 Å². The summed E-state index contributed by atoms with van der Waals surface area (Å²) in [5, 5.41) is 9.21. The Morgan fingerprint density at radius 2 is 2.00 bits per heavy atom. The topological polar surface area (TPSA) is 55.0 Å². The maximum Gasteiger partial charge on any atom is 0.292 e. The minimum absolute atomic E-state index is 0.225. The van der Waals surface area contributed by atoms with Crippen molar-refractivity contribution in [2.75, 3.05) is 0 Å². The van der Waals surface area contributed by atoms with Crippen LogP contribution in [-0.4, -0.2) is 4.57 Å². The summed E-state index contributed by atoms with van der Waals surface area (Å²) in [7, 11) is 0. The van der Waals surface area contributed by atoms with Crippen molar-refractivity contribution >= 4 is 11.6 Å². The standard InChI is InChI=1S/C15H13ClN2O2/c16-13-6-4-12(5-7-13)11-20-14-3-1-9-18(15(14)19)10-2-8-17/h1,3-7,9H,2,10-11H2. The monoisotopic (exact) mass is 288 g/mol. The van der Waals surface area contributed by atoms with Crippen LogP contribution in [0.2, 0.25) is 5.02 Å². The molecule has 2 rings (SSSR count). The normalized spacial score (nSPS) is 10.0. The Bertz CT molecular complexity index is 672. The van der Waals surface area contributed by atoms with E-state index in [0.29, 0.717) is 24.6 Å². The molecule has 1 aromatic heterocycles. The van der Waals surface area contributed by atoms with Crippen LogP contribution in [-0.2, 0) is 13.2 Å². The van der Waals surface area contributed by atoms with Gasteiger partial charge in [0.1, 0.15) is 6.61 Å². The molecule has 0 unspecified atom stereocenters. The first-order valence-electron chi connectivity index (χ1n) is 6.14. The molecule has 20 heavy (non-hydrogen) atoms. The quantitative estimate of drug-likeness (QED) is 0.850. The summed E-state index contributed by atoms with van der Waals surface area (Å²) in [4.78, 5) is 12.1. The highest BCUT2D eigenvalue weighted by Gasteiger charge is 2.04. The summed E-state index contributed by atoms with van der Waals surface area (Å²) in [5.74, 6) is 0.278. The minimum Gasteiger partial charge on any atom is -0.483 e. The number of halogens is 1. The zero-order valence-electron chi connectivity index (χ0n) is 10.8. The first kappa shape index (κ1) is 14.2. The van der Waals surface area contributed by atoms with Gasteiger partial charge in [-0.05, 0) is 29.8 Å². The van der Waals surface area contributed by atoms with Crippen molar-refractivity contribution in [3.05, 3.63) is 63.5 Å². The molecule has 0 aliphatic rings. The summed E-state index contributed by atoms with van der Waals surface area (Å²) in [5.41, 5.74) is 0.706. The molecule has 0 fully saturated rings. The molecule has 0 N–H and O–H groups in total. The smallest absolute Gasteiger partial charge is 0.292 e. The van der Waals surface area contributed by atoms with E-state index in [1.165, 1.54) is 4.57 Å². The Kier molecular flexibility index (Phi) is 4.80. The molecule has 2 aromatic rings. The van der Waals surface area contributed by atoms with Crippen LogP contribution in [0.3, 0.4) is 0 Å². The fraction of sp³-hybridized carbons (Fsp3) is 0.200. The Hall–Kier alpha value is -2.25. The Labute approximate surface area is 121 Å². The Balaban J connectivity index is 2.08. The molecule has 102 valence electrons. The van der Waals surface area contributed by atoms with E-state index in [1.54, 1.807) is 30.5 Å². The molecule has 0 bridgehead atoms. The molecule has 0 spiro atoms. The Morgan fingerprint density at radius 1 is 1.25 bits per heavy atom. The molecule has 1 aromatic carbocycles. The summed E-state index contributed by atoms with van der Waals surface area (Å²) < 4.78 is 7.00. The second-order valence-electron chi connectivity index (χ2n) is 4.19. The second kappa shape index (κ2) is 6.78. The number of hydrogen-bond acceptors (Lipinski definition) is 3. The molecular formula is C15H13ClN2O2. The zero-order chi connectivity index (χ0) is 14.4. The van der Waals surface area contributed by atoms with Gasteiger partial charge in [0.2, 0.25) is 0 Å². The van der Waals surface area contributed by atoms with Crippen LogP contribution in [0.15, 0.2) is 47.4 Å². The summed E-state index contributed by atoms with van der Waals surface area (Å²) >= 11 is 5.80. The number of nitriles is 1. The molecule has 1 heterocycles. The average molecular weight is 289 g/mol. The fourth-order valence-corrected chi connectivity index (χ4v) is 1.84. The van der Waals surface area contributed by atoms with Gasteiger partial charge in [-0.2, -0.15) is 5.26 Å². The highest BCUT2D eigenvalue weighted by molar-refractivity contribution is 6.30. The van der Waals surface area contributed by atoms with Crippen molar-refractivity contribution in [3.8, 4) is 11.8 Å². The molecule has 5 heteroatoms. The molecule has 0 atom stereocenters. The Morgan fingerprint density at radius 3 is 2.70 bits per heavy atom. The first-order chi connectivity index (χ1) is 9.70. The average Bonchev–Trinajstić information content (AvgIpc) is 2.47. The van der Waals surface area contributed by atoms with Crippen LogP contribution in [0.4, 0.5) is 0 Å². The third-order valence-electron chi connectivity index (χ3n) is 2.76. The molecule has 0 amide bonds. The van der Waals surface area contributed by atoms with E-state index in [-0.39, 0.29) is 11.3 Å². The molecular weight excluding hydrogens is 276 g/mol. The predicted octanol–water partition coefficient (Wildman–Crippen LogP) is 2.99. The maximum atomic E-state index is 12.1. The van der Waals surface area contributed by atoms with E-state index in [1.807, 2.05) is 18.2 Å². The van der Waals surface area contributed by atoms with Crippen molar-refractivity contribution in [2.24, 2.45) is 0 Å². The number of benzene rings is 1. The van der Waals surface area contributed by atoms with Gasteiger partial charge in [0.15, 0.2) is 5.75 Å². The van der Waals surface area contributed by atoms with E-state index in [2.05, 4.69) is 0 Å². The number of hydrogen-bond donors (Lipinski definition) is 0. The third-order valence-corrected chi connectivity index (χ3v) is 3.01. The number of pyridine rings is 1. The predicted molar refractivity (Wildman–Crippen MR) is 76.7 cm³/mol. The van der Waals surface area contributed by atoms with Gasteiger partial charge in [-0.3, -0.25) is 4.79 Å². The molecule has 0 saturated heterocycles. The second-order valence-corrected chi connectivity index (χ2v) is 4.63. The van der Waals surface area contributed by atoms with Crippen LogP contribution < -0.4 is 10.3 Å². The lowest BCUT2D eigenvalue weighted by Gasteiger charge is -2.08. The highest BCUT2D eigenvalue weighted by atomic mass is 35.5. The zero-order valence-corrected chi connectivity index (χ0v) is 11.5. The molecule has 4 nitrogen and oxygen atoms in total. The van der Waals surface area contributed by atoms with E-state index in [9.17, 15) is 4.79 Å². The highest BCUT2D eigenvalue weighted by Crippen LogP contribution is 2.11. The van der Waals surface area contributed by atoms with E-state index < -0.39 is 0 Å². The largest absolute Gasteiger partial charge is 0.483 e. The van der Waals surface area contributed by atoms with Gasteiger partial charge in [0, 0.05) is 17.8 Å². The SMILES string of the molecule is N#CCCn1cccc(OCc2ccc(Cl)cc2)c1=O. The molecule has 0 saturated carbocycles. The fourth-order valence-electron chi connectivity index (χ4n) is 1.71. The van der Waals surface area contributed by atoms with Gasteiger partial charge < -0.3 is 9.30 Å². The number of rotatable bonds is 5. The number of aryl methyl sites for hydroxylation is 1. The number of ether oxygens (including phenoxy) is 1. The van der Waals surface area contributed by atoms with Gasteiger partial charge in [-0.1, -0.05) is 23.7 Å². The van der Waals surface area contributed by atoms with E-state index >= 15 is 0 Å². The van der Waals surface area contributed by atoms with Crippen LogP contribution in [0.1, 0.15) is 12.0 Å². The lowest BCUT2D eigenvalue weighted by Crippen LogP contribution is -2.21. The van der Waals surface area contributed by atoms with Crippen molar-refractivity contribution in [2.45, 2.75) is 19.6 Å². The number of aromatic nitrogens is 1. The van der Waals surface area contributed by atoms with Gasteiger partial charge in [-0.25, -0.2) is 0 Å².